The summed E-state index contributed by atoms with van der Waals surface area (Å²) in [6, 6.07) is 9.04. The summed E-state index contributed by atoms with van der Waals surface area (Å²) in [6.45, 7) is -0.0358. The van der Waals surface area contributed by atoms with Gasteiger partial charge in [-0.1, -0.05) is 30.3 Å². The second kappa shape index (κ2) is 4.67. The molecule has 0 aliphatic rings. The lowest BCUT2D eigenvalue weighted by molar-refractivity contribution is 0.175. The van der Waals surface area contributed by atoms with E-state index in [0.29, 0.717) is 5.56 Å². The fraction of sp³-hybridized carbons (Fsp3) is 0.308. The molecule has 17 heavy (non-hydrogen) atoms. The Kier molecular flexibility index (Phi) is 3.24. The molecule has 1 heterocycles. The molecule has 1 unspecified atom stereocenters. The van der Waals surface area contributed by atoms with Gasteiger partial charge in [-0.05, 0) is 11.1 Å². The first-order chi connectivity index (χ1) is 8.14. The molecule has 0 saturated heterocycles. The highest BCUT2D eigenvalue weighted by Crippen LogP contribution is 2.28. The van der Waals surface area contributed by atoms with Crippen LogP contribution in [0.4, 0.5) is 4.39 Å². The Balaban J connectivity index is 2.26. The van der Waals surface area contributed by atoms with Crippen LogP contribution in [0.2, 0.25) is 0 Å². The third kappa shape index (κ3) is 2.53. The Labute approximate surface area is 100 Å². The molecule has 0 spiro atoms. The second-order valence-electron chi connectivity index (χ2n) is 4.23. The molecule has 1 aromatic heterocycles. The Morgan fingerprint density at radius 1 is 1.35 bits per heavy atom. The van der Waals surface area contributed by atoms with Gasteiger partial charge in [0, 0.05) is 26.2 Å². The van der Waals surface area contributed by atoms with E-state index in [1.807, 2.05) is 31.4 Å². The van der Waals surface area contributed by atoms with E-state index < -0.39 is 5.67 Å². The number of rotatable bonds is 4. The molecule has 0 radical (unpaired) electrons. The van der Waals surface area contributed by atoms with Crippen molar-refractivity contribution in [3.8, 4) is 0 Å². The fourth-order valence-electron chi connectivity index (χ4n) is 1.92. The van der Waals surface area contributed by atoms with Crippen molar-refractivity contribution in [3.63, 3.8) is 0 Å². The predicted octanol–water partition coefficient (Wildman–Crippen LogP) is 1.79. The van der Waals surface area contributed by atoms with Crippen molar-refractivity contribution in [3.05, 3.63) is 53.9 Å². The minimum Gasteiger partial charge on any atom is -0.327 e. The van der Waals surface area contributed by atoms with Crippen LogP contribution in [0, 0.1) is 0 Å². The summed E-state index contributed by atoms with van der Waals surface area (Å²) in [5.41, 5.74) is 5.54. The molecule has 0 amide bonds. The van der Waals surface area contributed by atoms with E-state index in [0.717, 1.165) is 5.56 Å². The maximum absolute atomic E-state index is 14.8. The van der Waals surface area contributed by atoms with Crippen LogP contribution < -0.4 is 5.73 Å². The number of hydrogen-bond donors (Lipinski definition) is 1. The van der Waals surface area contributed by atoms with Gasteiger partial charge >= 0.3 is 0 Å². The first-order valence-corrected chi connectivity index (χ1v) is 5.56. The Bertz CT molecular complexity index is 480. The standard InChI is InChI=1S/C13H16FN3/c1-17-9-11(8-16-17)7-13(14,10-15)12-5-3-2-4-6-12/h2-6,8-9H,7,10,15H2,1H3. The van der Waals surface area contributed by atoms with Gasteiger partial charge in [0.05, 0.1) is 6.20 Å². The van der Waals surface area contributed by atoms with Crippen molar-refractivity contribution < 1.29 is 4.39 Å². The number of alkyl halides is 1. The van der Waals surface area contributed by atoms with Crippen LogP contribution in [-0.4, -0.2) is 16.3 Å². The molecular weight excluding hydrogens is 217 g/mol. The van der Waals surface area contributed by atoms with Crippen LogP contribution in [0.25, 0.3) is 0 Å². The molecule has 0 fully saturated rings. The van der Waals surface area contributed by atoms with Crippen LogP contribution in [0.5, 0.6) is 0 Å². The quantitative estimate of drug-likeness (QED) is 0.875. The number of aryl methyl sites for hydroxylation is 1. The van der Waals surface area contributed by atoms with E-state index in [4.69, 9.17) is 5.73 Å². The van der Waals surface area contributed by atoms with E-state index in [1.54, 1.807) is 23.0 Å². The molecule has 2 aromatic rings. The van der Waals surface area contributed by atoms with Crippen LogP contribution in [0.1, 0.15) is 11.1 Å². The molecule has 1 aromatic carbocycles. The van der Waals surface area contributed by atoms with Gasteiger partial charge in [0.1, 0.15) is 0 Å². The van der Waals surface area contributed by atoms with E-state index in [9.17, 15) is 4.39 Å². The fourth-order valence-corrected chi connectivity index (χ4v) is 1.92. The molecule has 1 atom stereocenters. The number of aromatic nitrogens is 2. The summed E-state index contributed by atoms with van der Waals surface area (Å²) < 4.78 is 16.5. The van der Waals surface area contributed by atoms with Crippen molar-refractivity contribution in [2.24, 2.45) is 12.8 Å². The molecule has 0 aliphatic heterocycles. The van der Waals surface area contributed by atoms with Gasteiger partial charge in [-0.2, -0.15) is 5.10 Å². The predicted molar refractivity (Wildman–Crippen MR) is 65.2 cm³/mol. The average Bonchev–Trinajstić information content (AvgIpc) is 2.75. The summed E-state index contributed by atoms with van der Waals surface area (Å²) in [5, 5.41) is 4.04. The van der Waals surface area contributed by atoms with Crippen molar-refractivity contribution in [1.29, 1.82) is 0 Å². The van der Waals surface area contributed by atoms with Crippen LogP contribution in [0.3, 0.4) is 0 Å². The normalized spacial score (nSPS) is 14.5. The molecular formula is C13H16FN3. The highest BCUT2D eigenvalue weighted by atomic mass is 19.1. The Hall–Kier alpha value is -1.68. The van der Waals surface area contributed by atoms with Crippen molar-refractivity contribution in [2.45, 2.75) is 12.1 Å². The van der Waals surface area contributed by atoms with Crippen molar-refractivity contribution >= 4 is 0 Å². The minimum absolute atomic E-state index is 0.0358. The van der Waals surface area contributed by atoms with Crippen molar-refractivity contribution in [1.82, 2.24) is 9.78 Å². The summed E-state index contributed by atoms with van der Waals surface area (Å²) in [5.74, 6) is 0. The Morgan fingerprint density at radius 2 is 2.06 bits per heavy atom. The SMILES string of the molecule is Cn1cc(CC(F)(CN)c2ccccc2)cn1. The zero-order chi connectivity index (χ0) is 12.3. The molecule has 4 heteroatoms. The molecule has 0 bridgehead atoms. The average molecular weight is 233 g/mol. The van der Waals surface area contributed by atoms with Gasteiger partial charge in [0.15, 0.2) is 5.67 Å². The maximum Gasteiger partial charge on any atom is 0.152 e. The molecule has 0 aliphatic carbocycles. The molecule has 2 N–H and O–H groups in total. The van der Waals surface area contributed by atoms with Gasteiger partial charge in [-0.15, -0.1) is 0 Å². The maximum atomic E-state index is 14.8. The van der Waals surface area contributed by atoms with Crippen LogP contribution >= 0.6 is 0 Å². The molecule has 90 valence electrons. The zero-order valence-corrected chi connectivity index (χ0v) is 9.81. The lowest BCUT2D eigenvalue weighted by Gasteiger charge is -2.23. The lowest BCUT2D eigenvalue weighted by atomic mass is 9.90. The number of nitrogens with two attached hydrogens (primary N) is 1. The second-order valence-corrected chi connectivity index (χ2v) is 4.23. The number of benzene rings is 1. The summed E-state index contributed by atoms with van der Waals surface area (Å²) >= 11 is 0. The summed E-state index contributed by atoms with van der Waals surface area (Å²) in [4.78, 5) is 0. The summed E-state index contributed by atoms with van der Waals surface area (Å²) in [7, 11) is 1.81. The Morgan fingerprint density at radius 3 is 2.59 bits per heavy atom. The number of halogens is 1. The highest BCUT2D eigenvalue weighted by Gasteiger charge is 2.30. The first-order valence-electron chi connectivity index (χ1n) is 5.56. The molecule has 3 nitrogen and oxygen atoms in total. The van der Waals surface area contributed by atoms with E-state index >= 15 is 0 Å². The van der Waals surface area contributed by atoms with Gasteiger partial charge in [0.2, 0.25) is 0 Å². The zero-order valence-electron chi connectivity index (χ0n) is 9.81. The van der Waals surface area contributed by atoms with Gasteiger partial charge in [0.25, 0.3) is 0 Å². The lowest BCUT2D eigenvalue weighted by Crippen LogP contribution is -2.32. The topological polar surface area (TPSA) is 43.8 Å². The minimum atomic E-state index is -1.52. The third-order valence-electron chi connectivity index (χ3n) is 2.86. The van der Waals surface area contributed by atoms with Crippen LogP contribution in [0.15, 0.2) is 42.7 Å². The largest absolute Gasteiger partial charge is 0.327 e. The number of nitrogens with zero attached hydrogens (tertiary/aromatic N) is 2. The monoisotopic (exact) mass is 233 g/mol. The highest BCUT2D eigenvalue weighted by molar-refractivity contribution is 5.25. The van der Waals surface area contributed by atoms with Gasteiger partial charge in [-0.3, -0.25) is 4.68 Å². The summed E-state index contributed by atoms with van der Waals surface area (Å²) in [6.07, 6.45) is 3.74. The molecule has 0 saturated carbocycles. The third-order valence-corrected chi connectivity index (χ3v) is 2.86. The van der Waals surface area contributed by atoms with Gasteiger partial charge in [-0.25, -0.2) is 4.39 Å². The van der Waals surface area contributed by atoms with Crippen LogP contribution in [-0.2, 0) is 19.1 Å². The van der Waals surface area contributed by atoms with Gasteiger partial charge < -0.3 is 5.73 Å². The van der Waals surface area contributed by atoms with Crippen molar-refractivity contribution in [2.75, 3.05) is 6.54 Å². The van der Waals surface area contributed by atoms with E-state index in [2.05, 4.69) is 5.10 Å². The first kappa shape index (κ1) is 11.8. The van der Waals surface area contributed by atoms with E-state index in [1.165, 1.54) is 0 Å². The number of hydrogen-bond acceptors (Lipinski definition) is 2. The van der Waals surface area contributed by atoms with E-state index in [-0.39, 0.29) is 13.0 Å². The molecule has 2 rings (SSSR count). The smallest absolute Gasteiger partial charge is 0.152 e.